The minimum absolute atomic E-state index is 0.0279. The molecule has 5 heteroatoms. The Balaban J connectivity index is 1.97. The van der Waals surface area contributed by atoms with Crippen LogP contribution in [0.3, 0.4) is 0 Å². The van der Waals surface area contributed by atoms with E-state index in [1.165, 1.54) is 0 Å². The van der Waals surface area contributed by atoms with Crippen LogP contribution in [-0.4, -0.2) is 26.9 Å². The molecule has 2 atom stereocenters. The molecular weight excluding hydrogens is 233 g/mol. The van der Waals surface area contributed by atoms with Crippen LogP contribution in [0.1, 0.15) is 31.9 Å². The number of halogens is 1. The Morgan fingerprint density at radius 1 is 1.50 bits per heavy atom. The van der Waals surface area contributed by atoms with Gasteiger partial charge in [0.25, 0.3) is 0 Å². The van der Waals surface area contributed by atoms with E-state index < -0.39 is 12.1 Å². The Kier molecular flexibility index (Phi) is 2.43. The highest BCUT2D eigenvalue weighted by Gasteiger charge is 2.40. The summed E-state index contributed by atoms with van der Waals surface area (Å²) < 4.78 is 13.7. The molecule has 1 aromatic carbocycles. The van der Waals surface area contributed by atoms with Gasteiger partial charge in [0.05, 0.1) is 17.0 Å². The Hall–Kier alpha value is -1.46. The highest BCUT2D eigenvalue weighted by molar-refractivity contribution is 5.82. The SMILES string of the molecule is CC1(C)C[C@H]([C@H](O)c2cccc3n[nH]c(F)c23)N1. The number of H-pyrrole nitrogens is 1. The van der Waals surface area contributed by atoms with Crippen LogP contribution in [-0.2, 0) is 0 Å². The first kappa shape index (κ1) is 11.6. The van der Waals surface area contributed by atoms with Crippen molar-refractivity contribution in [3.05, 3.63) is 29.7 Å². The van der Waals surface area contributed by atoms with Crippen LogP contribution in [0, 0.1) is 5.95 Å². The lowest BCUT2D eigenvalue weighted by atomic mass is 9.80. The van der Waals surface area contributed by atoms with E-state index >= 15 is 0 Å². The lowest BCUT2D eigenvalue weighted by molar-refractivity contribution is 0.0397. The number of benzene rings is 1. The van der Waals surface area contributed by atoms with Crippen molar-refractivity contribution in [2.24, 2.45) is 0 Å². The van der Waals surface area contributed by atoms with Crippen molar-refractivity contribution in [2.45, 2.75) is 38.0 Å². The van der Waals surface area contributed by atoms with E-state index in [4.69, 9.17) is 0 Å². The topological polar surface area (TPSA) is 60.9 Å². The summed E-state index contributed by atoms with van der Waals surface area (Å²) in [7, 11) is 0. The van der Waals surface area contributed by atoms with E-state index in [1.54, 1.807) is 18.2 Å². The quantitative estimate of drug-likeness (QED) is 0.761. The van der Waals surface area contributed by atoms with Gasteiger partial charge in [0.1, 0.15) is 0 Å². The molecule has 96 valence electrons. The van der Waals surface area contributed by atoms with E-state index in [1.807, 2.05) is 0 Å². The summed E-state index contributed by atoms with van der Waals surface area (Å²) in [5.41, 5.74) is 1.18. The normalized spacial score (nSPS) is 23.9. The van der Waals surface area contributed by atoms with E-state index in [0.717, 1.165) is 6.42 Å². The van der Waals surface area contributed by atoms with Gasteiger partial charge in [0.2, 0.25) is 5.95 Å². The fraction of sp³-hybridized carbons (Fsp3) is 0.462. The fourth-order valence-electron chi connectivity index (χ4n) is 2.74. The van der Waals surface area contributed by atoms with Crippen LogP contribution >= 0.6 is 0 Å². The number of hydrogen-bond acceptors (Lipinski definition) is 3. The van der Waals surface area contributed by atoms with E-state index in [9.17, 15) is 9.50 Å². The Bertz CT molecular complexity index is 585. The molecule has 0 bridgehead atoms. The summed E-state index contributed by atoms with van der Waals surface area (Å²) in [6.07, 6.45) is 0.151. The van der Waals surface area contributed by atoms with Crippen LogP contribution in [0.25, 0.3) is 10.9 Å². The number of nitrogens with one attached hydrogen (secondary N) is 2. The Morgan fingerprint density at radius 2 is 2.22 bits per heavy atom. The number of aromatic nitrogens is 2. The van der Waals surface area contributed by atoms with E-state index in [-0.39, 0.29) is 11.6 Å². The number of rotatable bonds is 2. The molecule has 1 aromatic heterocycles. The first-order chi connectivity index (χ1) is 8.48. The average molecular weight is 249 g/mol. The smallest absolute Gasteiger partial charge is 0.217 e. The number of aliphatic hydroxyl groups excluding tert-OH is 1. The van der Waals surface area contributed by atoms with Gasteiger partial charge < -0.3 is 10.4 Å². The molecule has 18 heavy (non-hydrogen) atoms. The lowest BCUT2D eigenvalue weighted by Gasteiger charge is -2.46. The summed E-state index contributed by atoms with van der Waals surface area (Å²) >= 11 is 0. The molecule has 0 amide bonds. The predicted molar refractivity (Wildman–Crippen MR) is 66.6 cm³/mol. The third kappa shape index (κ3) is 1.71. The van der Waals surface area contributed by atoms with Gasteiger partial charge in [0, 0.05) is 11.6 Å². The molecule has 0 spiro atoms. The van der Waals surface area contributed by atoms with Crippen LogP contribution in [0.2, 0.25) is 0 Å². The number of fused-ring (bicyclic) bond motifs is 1. The van der Waals surface area contributed by atoms with E-state index in [0.29, 0.717) is 16.5 Å². The molecule has 0 saturated carbocycles. The Labute approximate surface area is 104 Å². The van der Waals surface area contributed by atoms with Crippen molar-refractivity contribution in [2.75, 3.05) is 0 Å². The van der Waals surface area contributed by atoms with Gasteiger partial charge in [-0.05, 0) is 31.9 Å². The number of hydrogen-bond donors (Lipinski definition) is 3. The summed E-state index contributed by atoms with van der Waals surface area (Å²) in [5, 5.41) is 20.2. The maximum Gasteiger partial charge on any atom is 0.217 e. The summed E-state index contributed by atoms with van der Waals surface area (Å²) in [6.45, 7) is 4.16. The van der Waals surface area contributed by atoms with Gasteiger partial charge in [-0.2, -0.15) is 9.49 Å². The molecule has 0 aliphatic carbocycles. The number of aliphatic hydroxyl groups is 1. The monoisotopic (exact) mass is 249 g/mol. The molecule has 1 aliphatic rings. The lowest BCUT2D eigenvalue weighted by Crippen LogP contribution is -2.61. The van der Waals surface area contributed by atoms with Gasteiger partial charge in [-0.25, -0.2) is 0 Å². The molecule has 3 rings (SSSR count). The van der Waals surface area contributed by atoms with Crippen LogP contribution < -0.4 is 5.32 Å². The molecule has 3 N–H and O–H groups in total. The molecule has 2 heterocycles. The van der Waals surface area contributed by atoms with Gasteiger partial charge in [0.15, 0.2) is 0 Å². The summed E-state index contributed by atoms with van der Waals surface area (Å²) in [4.78, 5) is 0. The minimum atomic E-state index is -0.714. The van der Waals surface area contributed by atoms with Crippen molar-refractivity contribution in [3.63, 3.8) is 0 Å². The van der Waals surface area contributed by atoms with Gasteiger partial charge in [-0.15, -0.1) is 0 Å². The van der Waals surface area contributed by atoms with Crippen molar-refractivity contribution in [1.82, 2.24) is 15.5 Å². The van der Waals surface area contributed by atoms with Crippen LogP contribution in [0.4, 0.5) is 4.39 Å². The molecular formula is C13H16FN3O. The summed E-state index contributed by atoms with van der Waals surface area (Å²) in [6, 6.07) is 5.23. The minimum Gasteiger partial charge on any atom is -0.387 e. The molecule has 0 unspecified atom stereocenters. The Morgan fingerprint density at radius 3 is 2.89 bits per heavy atom. The molecule has 1 aliphatic heterocycles. The van der Waals surface area contributed by atoms with Crippen molar-refractivity contribution < 1.29 is 9.50 Å². The molecule has 1 saturated heterocycles. The maximum atomic E-state index is 13.7. The molecule has 2 aromatic rings. The second-order valence-electron chi connectivity index (χ2n) is 5.56. The van der Waals surface area contributed by atoms with Gasteiger partial charge in [-0.1, -0.05) is 12.1 Å². The highest BCUT2D eigenvalue weighted by atomic mass is 19.1. The molecule has 4 nitrogen and oxygen atoms in total. The van der Waals surface area contributed by atoms with Gasteiger partial charge in [-0.3, -0.25) is 5.10 Å². The van der Waals surface area contributed by atoms with Crippen molar-refractivity contribution >= 4 is 10.9 Å². The fourth-order valence-corrected chi connectivity index (χ4v) is 2.74. The highest BCUT2D eigenvalue weighted by Crippen LogP contribution is 2.35. The maximum absolute atomic E-state index is 13.7. The van der Waals surface area contributed by atoms with E-state index in [2.05, 4.69) is 29.4 Å². The van der Waals surface area contributed by atoms with Crippen molar-refractivity contribution in [3.8, 4) is 0 Å². The first-order valence-corrected chi connectivity index (χ1v) is 6.06. The predicted octanol–water partition coefficient (Wildman–Crippen LogP) is 1.88. The second-order valence-corrected chi connectivity index (χ2v) is 5.56. The van der Waals surface area contributed by atoms with Crippen LogP contribution in [0.15, 0.2) is 18.2 Å². The average Bonchev–Trinajstić information content (AvgIpc) is 2.67. The van der Waals surface area contributed by atoms with Crippen LogP contribution in [0.5, 0.6) is 0 Å². The molecule has 0 radical (unpaired) electrons. The summed E-state index contributed by atoms with van der Waals surface area (Å²) in [5.74, 6) is -0.488. The third-order valence-corrected chi connectivity index (χ3v) is 3.57. The van der Waals surface area contributed by atoms with Crippen molar-refractivity contribution in [1.29, 1.82) is 0 Å². The zero-order chi connectivity index (χ0) is 12.9. The second kappa shape index (κ2) is 3.76. The number of nitrogens with zero attached hydrogens (tertiary/aromatic N) is 1. The third-order valence-electron chi connectivity index (χ3n) is 3.57. The standard InChI is InChI=1S/C13H16FN3O/c1-13(2)6-9(15-13)11(18)7-4-3-5-8-10(7)12(14)17-16-8/h3-5,9,11,15,18H,6H2,1-2H3,(H,16,17)/t9-,11-/m1/s1. The largest absolute Gasteiger partial charge is 0.387 e. The van der Waals surface area contributed by atoms with Gasteiger partial charge >= 0.3 is 0 Å². The molecule has 1 fully saturated rings. The zero-order valence-electron chi connectivity index (χ0n) is 10.4. The zero-order valence-corrected chi connectivity index (χ0v) is 10.4. The first-order valence-electron chi connectivity index (χ1n) is 6.06. The number of aromatic amines is 1.